The molecule has 2 N–H and O–H groups in total. The van der Waals surface area contributed by atoms with E-state index in [2.05, 4.69) is 5.32 Å². The minimum Gasteiger partial charge on any atom is -0.462 e. The lowest BCUT2D eigenvalue weighted by Gasteiger charge is -2.58. The van der Waals surface area contributed by atoms with Gasteiger partial charge in [0, 0.05) is 0 Å². The first kappa shape index (κ1) is 20.9. The predicted molar refractivity (Wildman–Crippen MR) is 114 cm³/mol. The highest BCUT2D eigenvalue weighted by atomic mass is 32.1. The number of hydrogen-bond donors (Lipinski definition) is 2. The van der Waals surface area contributed by atoms with Gasteiger partial charge in [0.2, 0.25) is 0 Å². The minimum absolute atomic E-state index is 0.264. The first-order valence-corrected chi connectivity index (χ1v) is 12.2. The molecular weight excluding hydrogens is 418 g/mol. The molecule has 31 heavy (non-hydrogen) atoms. The maximum Gasteiger partial charge on any atom is 0.341 e. The Kier molecular flexibility index (Phi) is 5.13. The van der Waals surface area contributed by atoms with Gasteiger partial charge in [0.25, 0.3) is 5.91 Å². The predicted octanol–water partition coefficient (Wildman–Crippen LogP) is 3.62. The monoisotopic (exact) mass is 447 g/mol. The molecule has 0 aromatic carbocycles. The molecule has 6 rings (SSSR count). The van der Waals surface area contributed by atoms with Crippen LogP contribution < -0.4 is 5.32 Å². The molecule has 168 valence electrons. The van der Waals surface area contributed by atoms with E-state index in [0.717, 1.165) is 50.5 Å². The van der Waals surface area contributed by atoms with Gasteiger partial charge >= 0.3 is 11.9 Å². The highest BCUT2D eigenvalue weighted by Crippen LogP contribution is 2.62. The van der Waals surface area contributed by atoms with Crippen LogP contribution >= 0.6 is 11.3 Å². The van der Waals surface area contributed by atoms with Crippen molar-refractivity contribution in [1.29, 1.82) is 0 Å². The Hall–Kier alpha value is -1.93. The Morgan fingerprint density at radius 3 is 2.48 bits per heavy atom. The minimum atomic E-state index is -0.754. The lowest BCUT2D eigenvalue weighted by molar-refractivity contribution is -0.196. The zero-order chi connectivity index (χ0) is 21.8. The van der Waals surface area contributed by atoms with E-state index >= 15 is 0 Å². The largest absolute Gasteiger partial charge is 0.462 e. The number of thiophene rings is 1. The smallest absolute Gasteiger partial charge is 0.341 e. The van der Waals surface area contributed by atoms with Gasteiger partial charge in [-0.3, -0.25) is 9.59 Å². The molecule has 0 saturated heterocycles. The van der Waals surface area contributed by atoms with Gasteiger partial charge in [-0.15, -0.1) is 11.3 Å². The van der Waals surface area contributed by atoms with Crippen LogP contribution in [0.1, 0.15) is 80.1 Å². The number of anilines is 1. The number of ether oxygens (including phenoxy) is 2. The van der Waals surface area contributed by atoms with Crippen molar-refractivity contribution in [3.05, 3.63) is 16.5 Å². The van der Waals surface area contributed by atoms with Gasteiger partial charge in [-0.1, -0.05) is 0 Å². The third kappa shape index (κ3) is 3.89. The van der Waals surface area contributed by atoms with E-state index in [1.54, 1.807) is 6.92 Å². The molecule has 2 unspecified atom stereocenters. The van der Waals surface area contributed by atoms with Gasteiger partial charge < -0.3 is 19.9 Å². The molecule has 0 spiro atoms. The summed E-state index contributed by atoms with van der Waals surface area (Å²) >= 11 is 1.30. The summed E-state index contributed by atoms with van der Waals surface area (Å²) in [5.41, 5.74) is -0.0530. The fourth-order valence-electron chi connectivity index (χ4n) is 6.47. The molecule has 8 heteroatoms. The molecule has 0 aliphatic heterocycles. The first-order chi connectivity index (χ1) is 14.8. The highest BCUT2D eigenvalue weighted by molar-refractivity contribution is 7.15. The van der Waals surface area contributed by atoms with E-state index in [-0.39, 0.29) is 12.6 Å². The highest BCUT2D eigenvalue weighted by Gasteiger charge is 2.60. The maximum absolute atomic E-state index is 13.0. The Bertz CT molecular complexity index is 905. The Labute approximate surface area is 185 Å². The second-order valence-corrected chi connectivity index (χ2v) is 10.9. The van der Waals surface area contributed by atoms with Crippen LogP contribution in [-0.4, -0.2) is 41.8 Å². The zero-order valence-electron chi connectivity index (χ0n) is 17.8. The van der Waals surface area contributed by atoms with E-state index in [1.165, 1.54) is 11.3 Å². The number of carbonyl (C=O) groups is 3. The lowest BCUT2D eigenvalue weighted by atomic mass is 9.48. The van der Waals surface area contributed by atoms with Crippen molar-refractivity contribution in [3.63, 3.8) is 0 Å². The fraction of sp³-hybridized carbons (Fsp3) is 0.696. The summed E-state index contributed by atoms with van der Waals surface area (Å²) in [6.45, 7) is 1.62. The van der Waals surface area contributed by atoms with Crippen molar-refractivity contribution >= 4 is 34.2 Å². The molecular formula is C23H29NO6S. The summed E-state index contributed by atoms with van der Waals surface area (Å²) in [5, 5.41) is 15.9. The molecule has 1 aromatic heterocycles. The topological polar surface area (TPSA) is 102 Å². The van der Waals surface area contributed by atoms with Crippen molar-refractivity contribution in [2.24, 2.45) is 17.3 Å². The van der Waals surface area contributed by atoms with Gasteiger partial charge in [0.1, 0.15) is 5.00 Å². The third-order valence-corrected chi connectivity index (χ3v) is 8.28. The molecule has 1 amide bonds. The average molecular weight is 448 g/mol. The van der Waals surface area contributed by atoms with Crippen molar-refractivity contribution in [1.82, 2.24) is 0 Å². The van der Waals surface area contributed by atoms with Gasteiger partial charge in [-0.05, 0) is 87.0 Å². The maximum atomic E-state index is 13.0. The molecule has 1 heterocycles. The van der Waals surface area contributed by atoms with Gasteiger partial charge in [0.05, 0.1) is 23.2 Å². The second-order valence-electron chi connectivity index (χ2n) is 9.98. The molecule has 4 bridgehead atoms. The molecule has 7 nitrogen and oxygen atoms in total. The summed E-state index contributed by atoms with van der Waals surface area (Å²) in [7, 11) is 0. The van der Waals surface area contributed by atoms with Crippen LogP contribution in [-0.2, 0) is 19.1 Å². The van der Waals surface area contributed by atoms with Crippen LogP contribution in [0.5, 0.6) is 0 Å². The van der Waals surface area contributed by atoms with E-state index in [4.69, 9.17) is 9.47 Å². The SMILES string of the molecule is CCOC(=O)c1c(C2CC2)csc1NC(=O)COC(=O)C12CC3CC(CC(O)(C3)C1)C2. The number of amides is 1. The van der Waals surface area contributed by atoms with E-state index in [1.807, 2.05) is 5.38 Å². The van der Waals surface area contributed by atoms with Crippen molar-refractivity contribution in [2.45, 2.75) is 69.8 Å². The van der Waals surface area contributed by atoms with Crippen LogP contribution in [0.3, 0.4) is 0 Å². The van der Waals surface area contributed by atoms with Crippen molar-refractivity contribution in [2.75, 3.05) is 18.5 Å². The molecule has 1 aromatic rings. The third-order valence-electron chi connectivity index (χ3n) is 7.37. The molecule has 5 saturated carbocycles. The molecule has 5 aliphatic carbocycles. The van der Waals surface area contributed by atoms with Crippen LogP contribution in [0.25, 0.3) is 0 Å². The zero-order valence-corrected chi connectivity index (χ0v) is 18.6. The lowest BCUT2D eigenvalue weighted by Crippen LogP contribution is -2.58. The summed E-state index contributed by atoms with van der Waals surface area (Å²) < 4.78 is 10.6. The number of esters is 2. The Balaban J connectivity index is 1.23. The van der Waals surface area contributed by atoms with Gasteiger partial charge in [-0.25, -0.2) is 4.79 Å². The van der Waals surface area contributed by atoms with Crippen LogP contribution in [0.4, 0.5) is 5.00 Å². The number of nitrogens with one attached hydrogen (secondary N) is 1. The summed E-state index contributed by atoms with van der Waals surface area (Å²) in [6.07, 6.45) is 6.63. The van der Waals surface area contributed by atoms with Crippen LogP contribution in [0.15, 0.2) is 5.38 Å². The molecule has 5 fully saturated rings. The second kappa shape index (κ2) is 7.59. The number of rotatable bonds is 7. The van der Waals surface area contributed by atoms with Crippen molar-refractivity contribution in [3.8, 4) is 0 Å². The molecule has 5 aliphatic rings. The fourth-order valence-corrected chi connectivity index (χ4v) is 7.52. The van der Waals surface area contributed by atoms with Crippen LogP contribution in [0, 0.1) is 17.3 Å². The van der Waals surface area contributed by atoms with Crippen LogP contribution in [0.2, 0.25) is 0 Å². The van der Waals surface area contributed by atoms with E-state index in [9.17, 15) is 19.5 Å². The number of carbonyl (C=O) groups excluding carboxylic acids is 3. The summed E-state index contributed by atoms with van der Waals surface area (Å²) in [4.78, 5) is 38.0. The number of hydrogen-bond acceptors (Lipinski definition) is 7. The average Bonchev–Trinajstić information content (AvgIpc) is 3.45. The summed E-state index contributed by atoms with van der Waals surface area (Å²) in [5.74, 6) is -0.184. The molecule has 2 atom stereocenters. The van der Waals surface area contributed by atoms with Crippen molar-refractivity contribution < 1.29 is 29.0 Å². The Morgan fingerprint density at radius 2 is 1.87 bits per heavy atom. The van der Waals surface area contributed by atoms with E-state index < -0.39 is 29.5 Å². The normalized spacial score (nSPS) is 33.2. The Morgan fingerprint density at radius 1 is 1.16 bits per heavy atom. The quantitative estimate of drug-likeness (QED) is 0.619. The standard InChI is InChI=1S/C23H29NO6S/c1-2-29-20(26)18-16(15-3-4-15)11-31-19(18)24-17(25)10-30-21(27)22-6-13-5-14(7-22)9-23(28,8-13)12-22/h11,13-15,28H,2-10,12H2,1H3,(H,24,25). The first-order valence-electron chi connectivity index (χ1n) is 11.3. The molecule has 0 radical (unpaired) electrons. The summed E-state index contributed by atoms with van der Waals surface area (Å²) in [6, 6.07) is 0. The van der Waals surface area contributed by atoms with Gasteiger partial charge in [0.15, 0.2) is 6.61 Å². The van der Waals surface area contributed by atoms with E-state index in [0.29, 0.717) is 34.7 Å². The van der Waals surface area contributed by atoms with Gasteiger partial charge in [-0.2, -0.15) is 0 Å². The number of aliphatic hydroxyl groups is 1.